The van der Waals surface area contributed by atoms with E-state index in [1.807, 2.05) is 40.7 Å². The minimum atomic E-state index is -3.93. The van der Waals surface area contributed by atoms with Gasteiger partial charge in [0.2, 0.25) is 5.95 Å². The molecule has 0 atom stereocenters. The van der Waals surface area contributed by atoms with E-state index >= 15 is 0 Å². The fraction of sp³-hybridized carbons (Fsp3) is 0.556. The molecule has 2 aromatic rings. The molecule has 10 heteroatoms. The number of nitrogens with one attached hydrogen (secondary N) is 1. The van der Waals surface area contributed by atoms with E-state index in [0.717, 1.165) is 37.2 Å². The molecular formula is C27H39N3O6S. The summed E-state index contributed by atoms with van der Waals surface area (Å²) in [6.45, 7) is 13.8. The molecule has 0 aliphatic carbocycles. The van der Waals surface area contributed by atoms with Gasteiger partial charge in [-0.25, -0.2) is 27.9 Å². The first-order valence-corrected chi connectivity index (χ1v) is 13.8. The Morgan fingerprint density at radius 1 is 1.00 bits per heavy atom. The number of benzene rings is 1. The summed E-state index contributed by atoms with van der Waals surface area (Å²) in [4.78, 5) is 31.1. The number of anilines is 1. The molecule has 9 nitrogen and oxygen atoms in total. The van der Waals surface area contributed by atoms with Crippen LogP contribution in [-0.2, 0) is 26.0 Å². The van der Waals surface area contributed by atoms with Crippen LogP contribution in [0.2, 0.25) is 0 Å². The molecule has 2 rings (SSSR count). The highest BCUT2D eigenvalue weighted by molar-refractivity contribution is 7.92. The van der Waals surface area contributed by atoms with Crippen LogP contribution in [0.3, 0.4) is 0 Å². The number of hydrogen-bond donors (Lipinski definition) is 2. The molecule has 0 radical (unpaired) electrons. The van der Waals surface area contributed by atoms with Crippen LogP contribution in [-0.4, -0.2) is 41.0 Å². The zero-order chi connectivity index (χ0) is 28.1. The number of unbranched alkanes of at least 4 members (excludes halogenated alkanes) is 1. The maximum atomic E-state index is 12.8. The monoisotopic (exact) mass is 533 g/mol. The van der Waals surface area contributed by atoms with Crippen molar-refractivity contribution in [3.63, 3.8) is 0 Å². The summed E-state index contributed by atoms with van der Waals surface area (Å²) in [5.41, 5.74) is -0.428. The zero-order valence-corrected chi connectivity index (χ0v) is 23.6. The first kappa shape index (κ1) is 30.2. The number of carboxylic acids is 1. The van der Waals surface area contributed by atoms with Crippen LogP contribution in [0.1, 0.15) is 90.1 Å². The Labute approximate surface area is 220 Å². The Bertz CT molecular complexity index is 1200. The lowest BCUT2D eigenvalue weighted by Gasteiger charge is -2.35. The standard InChI is InChI=1S/C27H39N3O6S/c1-25(2,3)36-23(33)27(6,7)18-26(4,5)14-9-8-11-19-12-10-13-21(15-19)37(34,35)30-24-28-16-20(17-29-24)22(31)32/h10,12-13,15-17H,8-9,11,14,18H2,1-7H3,(H,31,32)(H,28,29,30). The van der Waals surface area contributed by atoms with E-state index in [0.29, 0.717) is 12.8 Å². The minimum Gasteiger partial charge on any atom is -0.478 e. The van der Waals surface area contributed by atoms with Crippen LogP contribution in [0.25, 0.3) is 0 Å². The van der Waals surface area contributed by atoms with E-state index in [9.17, 15) is 18.0 Å². The second kappa shape index (κ2) is 11.6. The summed E-state index contributed by atoms with van der Waals surface area (Å²) in [6, 6.07) is 6.67. The average Bonchev–Trinajstić information content (AvgIpc) is 2.75. The molecular weight excluding hydrogens is 494 g/mol. The SMILES string of the molecule is CC(C)(CCCCc1cccc(S(=O)(=O)Nc2ncc(C(=O)O)cn2)c1)CC(C)(C)C(=O)OC(C)(C)C. The third kappa shape index (κ3) is 9.76. The topological polar surface area (TPSA) is 136 Å². The normalized spacial score (nSPS) is 12.7. The summed E-state index contributed by atoms with van der Waals surface area (Å²) < 4.78 is 33.4. The van der Waals surface area contributed by atoms with Crippen molar-refractivity contribution in [2.75, 3.05) is 4.72 Å². The minimum absolute atomic E-state index is 0.0638. The number of carbonyl (C=O) groups excluding carboxylic acids is 1. The summed E-state index contributed by atoms with van der Waals surface area (Å²) in [5.74, 6) is -1.59. The van der Waals surface area contributed by atoms with Crippen LogP contribution < -0.4 is 4.72 Å². The Hall–Kier alpha value is -3.01. The molecule has 0 bridgehead atoms. The van der Waals surface area contributed by atoms with Gasteiger partial charge in [-0.15, -0.1) is 0 Å². The third-order valence-corrected chi connectivity index (χ3v) is 7.10. The number of hydrogen-bond acceptors (Lipinski definition) is 7. The lowest BCUT2D eigenvalue weighted by atomic mass is 9.72. The lowest BCUT2D eigenvalue weighted by Crippen LogP contribution is -2.36. The number of sulfonamides is 1. The molecule has 204 valence electrons. The van der Waals surface area contributed by atoms with Gasteiger partial charge in [-0.3, -0.25) is 4.79 Å². The number of aromatic carboxylic acids is 1. The van der Waals surface area contributed by atoms with Crippen LogP contribution in [0, 0.1) is 10.8 Å². The maximum Gasteiger partial charge on any atom is 0.338 e. The van der Waals surface area contributed by atoms with Gasteiger partial charge in [-0.05, 0) is 83.4 Å². The first-order valence-electron chi connectivity index (χ1n) is 12.3. The average molecular weight is 534 g/mol. The predicted octanol–water partition coefficient (Wildman–Crippen LogP) is 5.47. The first-order chi connectivity index (χ1) is 16.9. The smallest absolute Gasteiger partial charge is 0.338 e. The van der Waals surface area contributed by atoms with E-state index < -0.39 is 27.0 Å². The van der Waals surface area contributed by atoms with E-state index in [-0.39, 0.29) is 27.8 Å². The zero-order valence-electron chi connectivity index (χ0n) is 22.8. The third-order valence-electron chi connectivity index (χ3n) is 5.77. The molecule has 1 aromatic carbocycles. The molecule has 0 aliphatic heterocycles. The molecule has 37 heavy (non-hydrogen) atoms. The molecule has 0 unspecified atom stereocenters. The van der Waals surface area contributed by atoms with Crippen molar-refractivity contribution in [1.29, 1.82) is 0 Å². The van der Waals surface area contributed by atoms with Gasteiger partial charge in [0, 0.05) is 12.4 Å². The number of carboxylic acid groups (broad SMARTS) is 1. The Morgan fingerprint density at radius 2 is 1.62 bits per heavy atom. The summed E-state index contributed by atoms with van der Waals surface area (Å²) in [6.07, 6.45) is 6.20. The highest BCUT2D eigenvalue weighted by Crippen LogP contribution is 2.39. The Kier molecular flexibility index (Phi) is 9.46. The van der Waals surface area contributed by atoms with Crippen molar-refractivity contribution in [2.24, 2.45) is 10.8 Å². The van der Waals surface area contributed by atoms with Gasteiger partial charge >= 0.3 is 11.9 Å². The predicted molar refractivity (Wildman–Crippen MR) is 142 cm³/mol. The summed E-state index contributed by atoms with van der Waals surface area (Å²) in [5, 5.41) is 8.92. The molecule has 0 amide bonds. The molecule has 1 heterocycles. The van der Waals surface area contributed by atoms with E-state index in [1.54, 1.807) is 12.1 Å². The van der Waals surface area contributed by atoms with Gasteiger partial charge in [-0.2, -0.15) is 0 Å². The largest absolute Gasteiger partial charge is 0.478 e. The number of nitrogens with zero attached hydrogens (tertiary/aromatic N) is 2. The number of carbonyl (C=O) groups is 2. The second-order valence-corrected chi connectivity index (χ2v) is 13.5. The van der Waals surface area contributed by atoms with Gasteiger partial charge in [0.25, 0.3) is 10.0 Å². The van der Waals surface area contributed by atoms with Crippen LogP contribution >= 0.6 is 0 Å². The van der Waals surface area contributed by atoms with Gasteiger partial charge in [0.05, 0.1) is 15.9 Å². The van der Waals surface area contributed by atoms with Gasteiger partial charge in [0.1, 0.15) is 5.60 Å². The van der Waals surface area contributed by atoms with E-state index in [4.69, 9.17) is 9.84 Å². The van der Waals surface area contributed by atoms with Crippen molar-refractivity contribution in [3.05, 3.63) is 47.8 Å². The highest BCUT2D eigenvalue weighted by Gasteiger charge is 2.37. The summed E-state index contributed by atoms with van der Waals surface area (Å²) >= 11 is 0. The van der Waals surface area contributed by atoms with Gasteiger partial charge in [0.15, 0.2) is 0 Å². The van der Waals surface area contributed by atoms with Crippen molar-refractivity contribution in [2.45, 2.75) is 91.1 Å². The van der Waals surface area contributed by atoms with Crippen molar-refractivity contribution in [1.82, 2.24) is 9.97 Å². The Balaban J connectivity index is 1.93. The number of esters is 1. The molecule has 0 fully saturated rings. The summed E-state index contributed by atoms with van der Waals surface area (Å²) in [7, 11) is -3.93. The van der Waals surface area contributed by atoms with Gasteiger partial charge < -0.3 is 9.84 Å². The number of aromatic nitrogens is 2. The fourth-order valence-electron chi connectivity index (χ4n) is 4.24. The van der Waals surface area contributed by atoms with Crippen molar-refractivity contribution >= 4 is 27.9 Å². The highest BCUT2D eigenvalue weighted by atomic mass is 32.2. The number of aryl methyl sites for hydroxylation is 1. The molecule has 0 saturated heterocycles. The number of rotatable bonds is 12. The Morgan fingerprint density at radius 3 is 2.19 bits per heavy atom. The van der Waals surface area contributed by atoms with Crippen LogP contribution in [0.15, 0.2) is 41.6 Å². The maximum absolute atomic E-state index is 12.8. The van der Waals surface area contributed by atoms with Crippen molar-refractivity contribution in [3.8, 4) is 0 Å². The lowest BCUT2D eigenvalue weighted by molar-refractivity contribution is -0.167. The second-order valence-electron chi connectivity index (χ2n) is 11.8. The van der Waals surface area contributed by atoms with Crippen molar-refractivity contribution < 1.29 is 27.9 Å². The molecule has 0 saturated carbocycles. The van der Waals surface area contributed by atoms with E-state index in [1.165, 1.54) is 6.07 Å². The van der Waals surface area contributed by atoms with E-state index in [2.05, 4.69) is 28.5 Å². The molecule has 0 aliphatic rings. The van der Waals surface area contributed by atoms with Crippen LogP contribution in [0.5, 0.6) is 0 Å². The molecule has 2 N–H and O–H groups in total. The number of ether oxygens (including phenoxy) is 1. The quantitative estimate of drug-likeness (QED) is 0.271. The molecule has 0 spiro atoms. The fourth-order valence-corrected chi connectivity index (χ4v) is 5.27. The van der Waals surface area contributed by atoms with Crippen LogP contribution in [0.4, 0.5) is 5.95 Å². The van der Waals surface area contributed by atoms with Gasteiger partial charge in [-0.1, -0.05) is 32.4 Å². The molecule has 1 aromatic heterocycles.